The van der Waals surface area contributed by atoms with Crippen LogP contribution in [0, 0.1) is 10.1 Å². The van der Waals surface area contributed by atoms with Gasteiger partial charge < -0.3 is 42.6 Å². The highest BCUT2D eigenvalue weighted by Crippen LogP contribution is 2.21. The Morgan fingerprint density at radius 2 is 1.69 bits per heavy atom. The van der Waals surface area contributed by atoms with E-state index in [4.69, 9.17) is 55.4 Å². The van der Waals surface area contributed by atoms with E-state index < -0.39 is 71.2 Å². The molecule has 39 heavy (non-hydrogen) atoms. The fourth-order valence-electron chi connectivity index (χ4n) is 2.59. The van der Waals surface area contributed by atoms with E-state index in [1.165, 1.54) is 12.1 Å². The van der Waals surface area contributed by atoms with Crippen LogP contribution in [-0.2, 0) is 23.9 Å². The standard InChI is InChI=1S/C15H16Cl2N2O8.C6H14N4O2/c16-14(17)15(24)18-10(7-27-12(22)6-5-11(20)21)13(23)8-1-3-9(4-2-8)19(25)26;7-4(5(11)12)2-1-3-10-6(8)9/h1-4,10,13-14,23H,5-7H2,(H,18,24)(H,20,21);4H,1-3,7H2,(H,11,12)(H4,8,9,10)/t10-,13-;/m1./s1. The highest BCUT2D eigenvalue weighted by Gasteiger charge is 2.27. The van der Waals surface area contributed by atoms with Gasteiger partial charge in [-0.15, -0.1) is 0 Å². The molecule has 1 amide bonds. The number of aliphatic carboxylic acids is 2. The number of nitrogens with two attached hydrogens (primary N) is 3. The number of esters is 1. The van der Waals surface area contributed by atoms with E-state index in [9.17, 15) is 34.4 Å². The highest BCUT2D eigenvalue weighted by atomic mass is 35.5. The van der Waals surface area contributed by atoms with Crippen LogP contribution in [0.5, 0.6) is 0 Å². The largest absolute Gasteiger partial charge is 0.481 e. The number of ether oxygens (including phenoxy) is 1. The molecule has 10 N–H and O–H groups in total. The molecule has 18 heteroatoms. The van der Waals surface area contributed by atoms with Gasteiger partial charge in [-0.3, -0.25) is 34.3 Å². The van der Waals surface area contributed by atoms with Crippen molar-refractivity contribution in [1.82, 2.24) is 5.32 Å². The van der Waals surface area contributed by atoms with Crippen molar-refractivity contribution in [2.75, 3.05) is 13.2 Å². The second-order valence-electron chi connectivity index (χ2n) is 7.68. The maximum atomic E-state index is 11.7. The molecule has 0 aliphatic carbocycles. The first-order chi connectivity index (χ1) is 18.1. The molecule has 0 fully saturated rings. The molecule has 0 aromatic heterocycles. The zero-order valence-corrected chi connectivity index (χ0v) is 22.0. The minimum absolute atomic E-state index is 0.0129. The van der Waals surface area contributed by atoms with Gasteiger partial charge in [0.1, 0.15) is 18.8 Å². The van der Waals surface area contributed by atoms with Crippen molar-refractivity contribution in [2.45, 2.75) is 48.7 Å². The fraction of sp³-hybridized carbons (Fsp3) is 0.476. The first-order valence-corrected chi connectivity index (χ1v) is 11.9. The summed E-state index contributed by atoms with van der Waals surface area (Å²) in [6, 6.07) is 2.86. The second-order valence-corrected chi connectivity index (χ2v) is 8.78. The summed E-state index contributed by atoms with van der Waals surface area (Å²) < 4.78 is 4.87. The van der Waals surface area contributed by atoms with Gasteiger partial charge >= 0.3 is 17.9 Å². The third-order valence-electron chi connectivity index (χ3n) is 4.60. The lowest BCUT2D eigenvalue weighted by Gasteiger charge is -2.24. The Bertz CT molecular complexity index is 1010. The number of nitrogens with one attached hydrogen (secondary N) is 1. The molecule has 0 aliphatic rings. The number of carbonyl (C=O) groups excluding carboxylic acids is 2. The number of hydrogen-bond donors (Lipinski definition) is 7. The summed E-state index contributed by atoms with van der Waals surface area (Å²) in [5.74, 6) is -3.87. The number of carbonyl (C=O) groups is 4. The Hall–Kier alpha value is -3.73. The molecular formula is C21H30Cl2N6O10. The predicted octanol–water partition coefficient (Wildman–Crippen LogP) is -0.223. The van der Waals surface area contributed by atoms with Crippen LogP contribution < -0.4 is 22.5 Å². The van der Waals surface area contributed by atoms with Crippen molar-refractivity contribution in [3.63, 3.8) is 0 Å². The molecule has 0 aliphatic heterocycles. The predicted molar refractivity (Wildman–Crippen MR) is 139 cm³/mol. The van der Waals surface area contributed by atoms with Gasteiger partial charge in [-0.25, -0.2) is 0 Å². The number of rotatable bonds is 15. The van der Waals surface area contributed by atoms with Crippen LogP contribution >= 0.6 is 23.2 Å². The van der Waals surface area contributed by atoms with Crippen molar-refractivity contribution >= 4 is 58.7 Å². The smallest absolute Gasteiger partial charge is 0.320 e. The summed E-state index contributed by atoms with van der Waals surface area (Å²) >= 11 is 10.9. The molecule has 0 bridgehead atoms. The molecule has 3 atom stereocenters. The SMILES string of the molecule is NC(N)=NCCCC(N)C(=O)O.O=C(O)CCC(=O)OC[C@@H](NC(=O)C(Cl)Cl)[C@H](O)c1ccc([N+](=O)[O-])cc1. The maximum Gasteiger partial charge on any atom is 0.320 e. The van der Waals surface area contributed by atoms with Crippen LogP contribution in [0.1, 0.15) is 37.4 Å². The number of hydrogen-bond acceptors (Lipinski definition) is 10. The van der Waals surface area contributed by atoms with Crippen molar-refractivity contribution < 1.29 is 44.2 Å². The van der Waals surface area contributed by atoms with Crippen molar-refractivity contribution in [3.8, 4) is 0 Å². The average Bonchev–Trinajstić information content (AvgIpc) is 2.87. The van der Waals surface area contributed by atoms with Gasteiger partial charge in [0, 0.05) is 18.7 Å². The molecule has 0 saturated carbocycles. The quantitative estimate of drug-likeness (QED) is 0.0262. The minimum Gasteiger partial charge on any atom is -0.481 e. The number of carboxylic acid groups (broad SMARTS) is 2. The van der Waals surface area contributed by atoms with Crippen LogP contribution in [0.3, 0.4) is 0 Å². The maximum absolute atomic E-state index is 11.7. The highest BCUT2D eigenvalue weighted by molar-refractivity contribution is 6.53. The van der Waals surface area contributed by atoms with Crippen LogP contribution in [0.2, 0.25) is 0 Å². The lowest BCUT2D eigenvalue weighted by atomic mass is 10.0. The normalized spacial score (nSPS) is 12.6. The number of halogens is 2. The summed E-state index contributed by atoms with van der Waals surface area (Å²) in [5.41, 5.74) is 15.3. The Balaban J connectivity index is 0.00000101. The molecule has 1 aromatic carbocycles. The summed E-state index contributed by atoms with van der Waals surface area (Å²) in [5, 5.41) is 40.3. The number of guanidine groups is 1. The summed E-state index contributed by atoms with van der Waals surface area (Å²) in [4.78, 5) is 56.2. The number of benzene rings is 1. The third-order valence-corrected chi connectivity index (χ3v) is 5.00. The van der Waals surface area contributed by atoms with E-state index in [1.807, 2.05) is 0 Å². The summed E-state index contributed by atoms with van der Waals surface area (Å²) in [6.07, 6.45) is -1.28. The van der Waals surface area contributed by atoms with E-state index in [0.717, 1.165) is 12.1 Å². The van der Waals surface area contributed by atoms with Crippen LogP contribution in [0.15, 0.2) is 29.3 Å². The van der Waals surface area contributed by atoms with Crippen LogP contribution in [0.25, 0.3) is 0 Å². The first kappa shape index (κ1) is 35.3. The number of amides is 1. The minimum atomic E-state index is -1.45. The van der Waals surface area contributed by atoms with Crippen LogP contribution in [-0.4, -0.2) is 80.1 Å². The zero-order chi connectivity index (χ0) is 30.1. The van der Waals surface area contributed by atoms with Gasteiger partial charge in [-0.05, 0) is 30.5 Å². The number of non-ortho nitro benzene ring substituents is 1. The second kappa shape index (κ2) is 18.5. The van der Waals surface area contributed by atoms with E-state index in [2.05, 4.69) is 10.3 Å². The fourth-order valence-corrected chi connectivity index (χ4v) is 2.72. The Morgan fingerprint density at radius 1 is 1.10 bits per heavy atom. The van der Waals surface area contributed by atoms with Gasteiger partial charge in [0.05, 0.1) is 23.8 Å². The van der Waals surface area contributed by atoms with E-state index in [-0.39, 0.29) is 17.2 Å². The van der Waals surface area contributed by atoms with Gasteiger partial charge in [0.15, 0.2) is 10.8 Å². The number of nitrogens with zero attached hydrogens (tertiary/aromatic N) is 2. The molecule has 0 heterocycles. The molecule has 16 nitrogen and oxygen atoms in total. The number of aliphatic hydroxyl groups is 1. The number of nitro groups is 1. The number of aliphatic imine (C=N–C) groups is 1. The first-order valence-electron chi connectivity index (χ1n) is 11.1. The van der Waals surface area contributed by atoms with Crippen molar-refractivity contribution in [1.29, 1.82) is 0 Å². The van der Waals surface area contributed by atoms with E-state index >= 15 is 0 Å². The molecule has 0 saturated heterocycles. The van der Waals surface area contributed by atoms with E-state index in [0.29, 0.717) is 19.4 Å². The molecule has 0 radical (unpaired) electrons. The van der Waals surface area contributed by atoms with E-state index in [1.54, 1.807) is 0 Å². The van der Waals surface area contributed by atoms with Gasteiger partial charge in [0.25, 0.3) is 11.6 Å². The zero-order valence-electron chi connectivity index (χ0n) is 20.4. The van der Waals surface area contributed by atoms with Gasteiger partial charge in [-0.1, -0.05) is 23.2 Å². The molecule has 218 valence electrons. The average molecular weight is 597 g/mol. The number of alkyl halides is 2. The van der Waals surface area contributed by atoms with Gasteiger partial charge in [0.2, 0.25) is 0 Å². The third kappa shape index (κ3) is 16.0. The number of carboxylic acids is 2. The van der Waals surface area contributed by atoms with Crippen LogP contribution in [0.4, 0.5) is 5.69 Å². The molecule has 0 spiro atoms. The molecular weight excluding hydrogens is 567 g/mol. The Morgan fingerprint density at radius 3 is 2.15 bits per heavy atom. The molecule has 1 unspecified atom stereocenters. The number of aliphatic hydroxyl groups excluding tert-OH is 1. The molecule has 1 rings (SSSR count). The Kier molecular flexibility index (Phi) is 16.7. The number of nitro benzene ring substituents is 1. The molecule has 1 aromatic rings. The summed E-state index contributed by atoms with van der Waals surface area (Å²) in [6.45, 7) is -0.0772. The lowest BCUT2D eigenvalue weighted by Crippen LogP contribution is -2.45. The topological polar surface area (TPSA) is 284 Å². The monoisotopic (exact) mass is 596 g/mol. The lowest BCUT2D eigenvalue weighted by molar-refractivity contribution is -0.384. The Labute approximate surface area is 232 Å². The van der Waals surface area contributed by atoms with Crippen molar-refractivity contribution in [3.05, 3.63) is 39.9 Å². The summed E-state index contributed by atoms with van der Waals surface area (Å²) in [7, 11) is 0. The van der Waals surface area contributed by atoms with Gasteiger partial charge in [-0.2, -0.15) is 0 Å². The van der Waals surface area contributed by atoms with Crippen molar-refractivity contribution in [2.24, 2.45) is 22.2 Å².